The van der Waals surface area contributed by atoms with Gasteiger partial charge in [-0.1, -0.05) is 60.7 Å². The highest BCUT2D eigenvalue weighted by atomic mass is 16.5. The number of H-pyrrole nitrogens is 1. The number of carbonyl (C=O) groups excluding carboxylic acids is 2. The number of ether oxygens (including phenoxy) is 1. The first kappa shape index (κ1) is 16.7. The van der Waals surface area contributed by atoms with Crippen molar-refractivity contribution in [1.82, 2.24) is 4.98 Å². The van der Waals surface area contributed by atoms with Crippen LogP contribution < -0.4 is 0 Å². The molecule has 0 aliphatic rings. The van der Waals surface area contributed by atoms with E-state index in [9.17, 15) is 9.59 Å². The Kier molecular flexibility index (Phi) is 5.09. The molecule has 126 valence electrons. The molecular formula is C21H19NO3. The van der Waals surface area contributed by atoms with Crippen LogP contribution in [0.15, 0.2) is 72.9 Å². The molecule has 1 heterocycles. The minimum atomic E-state index is -0.424. The lowest BCUT2D eigenvalue weighted by molar-refractivity contribution is 0.0594. The van der Waals surface area contributed by atoms with Crippen LogP contribution in [0.3, 0.4) is 0 Å². The third kappa shape index (κ3) is 3.86. The highest BCUT2D eigenvalue weighted by Gasteiger charge is 2.21. The SMILES string of the molecule is COC(=O)c1cc([C@@H](CC(=O)c2ccccc2)c2ccccc2)c[nH]1. The fourth-order valence-corrected chi connectivity index (χ4v) is 2.88. The predicted molar refractivity (Wildman–Crippen MR) is 95.8 cm³/mol. The van der Waals surface area contributed by atoms with Gasteiger partial charge in [0.1, 0.15) is 5.69 Å². The van der Waals surface area contributed by atoms with Gasteiger partial charge in [0.25, 0.3) is 0 Å². The summed E-state index contributed by atoms with van der Waals surface area (Å²) >= 11 is 0. The highest BCUT2D eigenvalue weighted by Crippen LogP contribution is 2.30. The van der Waals surface area contributed by atoms with Gasteiger partial charge in [0.05, 0.1) is 7.11 Å². The molecule has 0 aliphatic heterocycles. The Hall–Kier alpha value is -3.14. The van der Waals surface area contributed by atoms with E-state index in [0.717, 1.165) is 11.1 Å². The molecular weight excluding hydrogens is 314 g/mol. The molecule has 0 saturated carbocycles. The van der Waals surface area contributed by atoms with E-state index in [0.29, 0.717) is 17.7 Å². The lowest BCUT2D eigenvalue weighted by Gasteiger charge is -2.15. The third-order valence-corrected chi connectivity index (χ3v) is 4.20. The normalized spacial score (nSPS) is 11.7. The molecule has 0 radical (unpaired) electrons. The summed E-state index contributed by atoms with van der Waals surface area (Å²) in [6.45, 7) is 0. The maximum atomic E-state index is 12.7. The second-order valence-electron chi connectivity index (χ2n) is 5.79. The summed E-state index contributed by atoms with van der Waals surface area (Å²) in [6, 6.07) is 20.8. The Morgan fingerprint density at radius 2 is 1.60 bits per heavy atom. The van der Waals surface area contributed by atoms with E-state index in [1.807, 2.05) is 60.7 Å². The van der Waals surface area contributed by atoms with Crippen molar-refractivity contribution in [2.75, 3.05) is 7.11 Å². The van der Waals surface area contributed by atoms with Crippen molar-refractivity contribution in [2.24, 2.45) is 0 Å². The number of methoxy groups -OCH3 is 1. The van der Waals surface area contributed by atoms with Crippen LogP contribution in [-0.4, -0.2) is 23.8 Å². The quantitative estimate of drug-likeness (QED) is 0.543. The van der Waals surface area contributed by atoms with Crippen LogP contribution in [-0.2, 0) is 4.74 Å². The van der Waals surface area contributed by atoms with E-state index in [1.165, 1.54) is 7.11 Å². The zero-order valence-corrected chi connectivity index (χ0v) is 13.9. The number of hydrogen-bond acceptors (Lipinski definition) is 3. The van der Waals surface area contributed by atoms with Crippen LogP contribution in [0.25, 0.3) is 0 Å². The number of rotatable bonds is 6. The van der Waals surface area contributed by atoms with Crippen LogP contribution in [0.5, 0.6) is 0 Å². The van der Waals surface area contributed by atoms with E-state index in [1.54, 1.807) is 12.3 Å². The van der Waals surface area contributed by atoms with Gasteiger partial charge in [0, 0.05) is 24.1 Å². The highest BCUT2D eigenvalue weighted by molar-refractivity contribution is 5.96. The van der Waals surface area contributed by atoms with Crippen LogP contribution in [0, 0.1) is 0 Å². The minimum absolute atomic E-state index is 0.0651. The zero-order valence-electron chi connectivity index (χ0n) is 13.9. The van der Waals surface area contributed by atoms with Gasteiger partial charge in [-0.3, -0.25) is 4.79 Å². The molecule has 1 aromatic heterocycles. The topological polar surface area (TPSA) is 59.2 Å². The van der Waals surface area contributed by atoms with Crippen LogP contribution in [0.1, 0.15) is 44.3 Å². The first-order valence-corrected chi connectivity index (χ1v) is 8.09. The van der Waals surface area contributed by atoms with Gasteiger partial charge >= 0.3 is 5.97 Å². The summed E-state index contributed by atoms with van der Waals surface area (Å²) in [5.41, 5.74) is 2.98. The zero-order chi connectivity index (χ0) is 17.6. The van der Waals surface area contributed by atoms with Gasteiger partial charge in [-0.2, -0.15) is 0 Å². The number of nitrogens with one attached hydrogen (secondary N) is 1. The van der Waals surface area contributed by atoms with Gasteiger partial charge in [-0.25, -0.2) is 4.79 Å². The number of aromatic nitrogens is 1. The smallest absolute Gasteiger partial charge is 0.354 e. The molecule has 1 N–H and O–H groups in total. The van der Waals surface area contributed by atoms with Gasteiger partial charge in [-0.15, -0.1) is 0 Å². The summed E-state index contributed by atoms with van der Waals surface area (Å²) in [7, 11) is 1.34. The molecule has 0 spiro atoms. The Bertz CT molecular complexity index is 853. The van der Waals surface area contributed by atoms with Gasteiger partial charge in [0.15, 0.2) is 5.78 Å². The first-order valence-electron chi connectivity index (χ1n) is 8.09. The Morgan fingerprint density at radius 1 is 0.960 bits per heavy atom. The number of Topliss-reactive ketones (excluding diaryl/α,β-unsaturated/α-hetero) is 1. The van der Waals surface area contributed by atoms with E-state index in [2.05, 4.69) is 4.98 Å². The van der Waals surface area contributed by atoms with Crippen molar-refractivity contribution < 1.29 is 14.3 Å². The van der Waals surface area contributed by atoms with E-state index in [4.69, 9.17) is 4.74 Å². The maximum absolute atomic E-state index is 12.7. The first-order chi connectivity index (χ1) is 12.2. The lowest BCUT2D eigenvalue weighted by atomic mass is 9.87. The molecule has 0 saturated heterocycles. The van der Waals surface area contributed by atoms with Gasteiger partial charge in [0.2, 0.25) is 0 Å². The number of ketones is 1. The average Bonchev–Trinajstić information content (AvgIpc) is 3.16. The molecule has 4 heteroatoms. The standard InChI is InChI=1S/C21H19NO3/c1-25-21(24)19-12-17(14-22-19)18(15-8-4-2-5-9-15)13-20(23)16-10-6-3-7-11-16/h2-12,14,18,22H,13H2,1H3/t18-/m0/s1. The molecule has 3 rings (SSSR count). The molecule has 0 unspecified atom stereocenters. The molecule has 1 atom stereocenters. The number of hydrogen-bond donors (Lipinski definition) is 1. The predicted octanol–water partition coefficient (Wildman–Crippen LogP) is 4.21. The fourth-order valence-electron chi connectivity index (χ4n) is 2.88. The van der Waals surface area contributed by atoms with Crippen molar-refractivity contribution in [3.63, 3.8) is 0 Å². The number of aromatic amines is 1. The van der Waals surface area contributed by atoms with Gasteiger partial charge < -0.3 is 9.72 Å². The number of benzene rings is 2. The molecule has 0 bridgehead atoms. The van der Waals surface area contributed by atoms with Crippen molar-refractivity contribution in [2.45, 2.75) is 12.3 Å². The Labute approximate surface area is 146 Å². The summed E-state index contributed by atoms with van der Waals surface area (Å²) in [5, 5.41) is 0. The summed E-state index contributed by atoms with van der Waals surface area (Å²) in [4.78, 5) is 27.3. The van der Waals surface area contributed by atoms with Crippen LogP contribution >= 0.6 is 0 Å². The molecule has 0 fully saturated rings. The lowest BCUT2D eigenvalue weighted by Crippen LogP contribution is -2.09. The van der Waals surface area contributed by atoms with E-state index >= 15 is 0 Å². The Morgan fingerprint density at radius 3 is 2.24 bits per heavy atom. The van der Waals surface area contributed by atoms with Crippen LogP contribution in [0.4, 0.5) is 0 Å². The summed E-state index contributed by atoms with van der Waals surface area (Å²) in [5.74, 6) is -0.494. The van der Waals surface area contributed by atoms with Crippen molar-refractivity contribution in [3.05, 3.63) is 95.3 Å². The largest absolute Gasteiger partial charge is 0.464 e. The van der Waals surface area contributed by atoms with E-state index < -0.39 is 5.97 Å². The van der Waals surface area contributed by atoms with Crippen LogP contribution in [0.2, 0.25) is 0 Å². The third-order valence-electron chi connectivity index (χ3n) is 4.20. The molecule has 3 aromatic rings. The molecule has 0 aliphatic carbocycles. The molecule has 25 heavy (non-hydrogen) atoms. The fraction of sp³-hybridized carbons (Fsp3) is 0.143. The Balaban J connectivity index is 1.92. The second-order valence-corrected chi connectivity index (χ2v) is 5.79. The summed E-state index contributed by atoms with van der Waals surface area (Å²) in [6.07, 6.45) is 2.09. The van der Waals surface area contributed by atoms with E-state index in [-0.39, 0.29) is 11.7 Å². The average molecular weight is 333 g/mol. The monoisotopic (exact) mass is 333 g/mol. The molecule has 4 nitrogen and oxygen atoms in total. The minimum Gasteiger partial charge on any atom is -0.464 e. The van der Waals surface area contributed by atoms with Crippen molar-refractivity contribution >= 4 is 11.8 Å². The maximum Gasteiger partial charge on any atom is 0.354 e. The molecule has 0 amide bonds. The molecule has 2 aromatic carbocycles. The van der Waals surface area contributed by atoms with Gasteiger partial charge in [-0.05, 0) is 17.2 Å². The van der Waals surface area contributed by atoms with Crippen molar-refractivity contribution in [3.8, 4) is 0 Å². The van der Waals surface area contributed by atoms with Crippen molar-refractivity contribution in [1.29, 1.82) is 0 Å². The number of carbonyl (C=O) groups is 2. The summed E-state index contributed by atoms with van der Waals surface area (Å²) < 4.78 is 4.75. The second kappa shape index (κ2) is 7.62. The number of esters is 1.